The molecule has 0 bridgehead atoms. The van der Waals surface area contributed by atoms with Crippen molar-refractivity contribution in [2.75, 3.05) is 32.8 Å². The van der Waals surface area contributed by atoms with Crippen LogP contribution in [0.3, 0.4) is 0 Å². The van der Waals surface area contributed by atoms with Gasteiger partial charge < -0.3 is 14.4 Å². The molecule has 0 unspecified atom stereocenters. The first kappa shape index (κ1) is 18.2. The molecule has 2 rings (SSSR count). The second kappa shape index (κ2) is 8.62. The highest BCUT2D eigenvalue weighted by Gasteiger charge is 2.23. The molecule has 130 valence electrons. The van der Waals surface area contributed by atoms with E-state index in [0.29, 0.717) is 19.6 Å². The predicted octanol–water partition coefficient (Wildman–Crippen LogP) is 2.17. The monoisotopic (exact) mass is 322 g/mol. The van der Waals surface area contributed by atoms with E-state index in [1.54, 1.807) is 0 Å². The largest absolute Gasteiger partial charge is 0.396 e. The molecule has 0 saturated carbocycles. The fourth-order valence-corrected chi connectivity index (χ4v) is 3.41. The van der Waals surface area contributed by atoms with Crippen LogP contribution in [0.4, 0.5) is 0 Å². The van der Waals surface area contributed by atoms with Gasteiger partial charge in [-0.15, -0.1) is 0 Å². The molecular formula is C18H30N2O3. The summed E-state index contributed by atoms with van der Waals surface area (Å²) in [7, 11) is 0. The highest BCUT2D eigenvalue weighted by molar-refractivity contribution is 5.99. The third-order valence-electron chi connectivity index (χ3n) is 4.75. The molecule has 5 nitrogen and oxygen atoms in total. The summed E-state index contributed by atoms with van der Waals surface area (Å²) < 4.78 is 7.93. The van der Waals surface area contributed by atoms with E-state index in [4.69, 9.17) is 9.84 Å². The molecule has 1 N–H and O–H groups in total. The average molecular weight is 322 g/mol. The maximum absolute atomic E-state index is 12.6. The lowest BCUT2D eigenvalue weighted by molar-refractivity contribution is 0.00297. The number of carbonyl (C=O) groups is 1. The van der Waals surface area contributed by atoms with E-state index in [1.807, 2.05) is 13.0 Å². The average Bonchev–Trinajstić information content (AvgIpc) is 2.83. The second-order valence-electron chi connectivity index (χ2n) is 6.38. The lowest BCUT2D eigenvalue weighted by atomic mass is 10.1. The van der Waals surface area contributed by atoms with E-state index in [-0.39, 0.29) is 18.5 Å². The second-order valence-corrected chi connectivity index (χ2v) is 6.38. The first-order valence-corrected chi connectivity index (χ1v) is 8.71. The lowest BCUT2D eigenvalue weighted by Gasteiger charge is -2.31. The quantitative estimate of drug-likeness (QED) is 0.589. The Morgan fingerprint density at radius 1 is 1.35 bits per heavy atom. The Kier molecular flexibility index (Phi) is 6.81. The molecule has 1 saturated heterocycles. The van der Waals surface area contributed by atoms with Crippen LogP contribution in [-0.2, 0) is 11.3 Å². The number of likely N-dealkylation sites (tertiary alicyclic amines) is 1. The molecule has 5 heteroatoms. The smallest absolute Gasteiger partial charge is 0.178 e. The van der Waals surface area contributed by atoms with Crippen LogP contribution < -0.4 is 0 Å². The summed E-state index contributed by atoms with van der Waals surface area (Å²) >= 11 is 0. The van der Waals surface area contributed by atoms with E-state index >= 15 is 0 Å². The number of carbonyl (C=O) groups excluding carboxylic acids is 1. The van der Waals surface area contributed by atoms with Gasteiger partial charge >= 0.3 is 0 Å². The topological polar surface area (TPSA) is 54.7 Å². The van der Waals surface area contributed by atoms with Gasteiger partial charge in [0.2, 0.25) is 0 Å². The van der Waals surface area contributed by atoms with Crippen LogP contribution in [0.5, 0.6) is 0 Å². The molecule has 0 amide bonds. The number of ether oxygens (including phenoxy) is 1. The molecule has 1 aromatic heterocycles. The van der Waals surface area contributed by atoms with Crippen molar-refractivity contribution in [3.8, 4) is 0 Å². The van der Waals surface area contributed by atoms with Gasteiger partial charge in [0, 0.05) is 49.8 Å². The Bertz CT molecular complexity index is 517. The van der Waals surface area contributed by atoms with Crippen molar-refractivity contribution in [2.24, 2.45) is 0 Å². The van der Waals surface area contributed by atoms with E-state index in [2.05, 4.69) is 23.3 Å². The molecule has 0 radical (unpaired) electrons. The summed E-state index contributed by atoms with van der Waals surface area (Å²) in [5, 5.41) is 8.78. The summed E-state index contributed by atoms with van der Waals surface area (Å²) in [6.45, 7) is 10.2. The Morgan fingerprint density at radius 3 is 2.61 bits per heavy atom. The minimum Gasteiger partial charge on any atom is -0.396 e. The van der Waals surface area contributed by atoms with Gasteiger partial charge in [-0.2, -0.15) is 0 Å². The molecular weight excluding hydrogens is 292 g/mol. The normalized spacial score (nSPS) is 16.9. The Hall–Kier alpha value is -1.17. The number of aromatic nitrogens is 1. The zero-order valence-corrected chi connectivity index (χ0v) is 14.7. The predicted molar refractivity (Wildman–Crippen MR) is 91.0 cm³/mol. The number of Topliss-reactive ketones (excluding diaryl/α,β-unsaturated/α-hetero) is 1. The minimum atomic E-state index is 0.184. The summed E-state index contributed by atoms with van der Waals surface area (Å²) in [5.74, 6) is 0.220. The number of nitrogens with zero attached hydrogens (tertiary/aromatic N) is 2. The molecule has 23 heavy (non-hydrogen) atoms. The van der Waals surface area contributed by atoms with E-state index < -0.39 is 0 Å². The van der Waals surface area contributed by atoms with Gasteiger partial charge in [-0.3, -0.25) is 9.69 Å². The third-order valence-corrected chi connectivity index (χ3v) is 4.75. The number of rotatable bonds is 8. The van der Waals surface area contributed by atoms with Gasteiger partial charge in [-0.25, -0.2) is 0 Å². The zero-order chi connectivity index (χ0) is 16.8. The third kappa shape index (κ3) is 4.66. The van der Waals surface area contributed by atoms with Crippen molar-refractivity contribution < 1.29 is 14.6 Å². The fraction of sp³-hybridized carbons (Fsp3) is 0.722. The molecule has 0 aliphatic carbocycles. The number of piperidine rings is 1. The molecule has 2 heterocycles. The fourth-order valence-electron chi connectivity index (χ4n) is 3.41. The van der Waals surface area contributed by atoms with Crippen molar-refractivity contribution in [3.05, 3.63) is 23.0 Å². The van der Waals surface area contributed by atoms with E-state index in [9.17, 15) is 4.79 Å². The van der Waals surface area contributed by atoms with Crippen LogP contribution >= 0.6 is 0 Å². The molecule has 0 atom stereocenters. The van der Waals surface area contributed by atoms with Crippen molar-refractivity contribution in [1.82, 2.24) is 9.47 Å². The van der Waals surface area contributed by atoms with Crippen molar-refractivity contribution in [1.29, 1.82) is 0 Å². The molecule has 1 fully saturated rings. The molecule has 1 aliphatic heterocycles. The van der Waals surface area contributed by atoms with Gasteiger partial charge in [0.05, 0.1) is 12.6 Å². The Morgan fingerprint density at radius 2 is 2.04 bits per heavy atom. The van der Waals surface area contributed by atoms with Crippen LogP contribution in [0, 0.1) is 13.8 Å². The van der Waals surface area contributed by atoms with Crippen molar-refractivity contribution in [3.63, 3.8) is 0 Å². The van der Waals surface area contributed by atoms with Crippen LogP contribution in [0.2, 0.25) is 0 Å². The highest BCUT2D eigenvalue weighted by atomic mass is 16.5. The Balaban J connectivity index is 1.83. The summed E-state index contributed by atoms with van der Waals surface area (Å²) in [4.78, 5) is 14.8. The van der Waals surface area contributed by atoms with Gasteiger partial charge in [0.1, 0.15) is 0 Å². The van der Waals surface area contributed by atoms with Crippen LogP contribution in [-0.4, -0.2) is 59.3 Å². The maximum atomic E-state index is 12.6. The maximum Gasteiger partial charge on any atom is 0.178 e. The summed E-state index contributed by atoms with van der Waals surface area (Å²) in [5.41, 5.74) is 3.10. The van der Waals surface area contributed by atoms with Gasteiger partial charge in [-0.1, -0.05) is 0 Å². The number of hydrogen-bond acceptors (Lipinski definition) is 4. The summed E-state index contributed by atoms with van der Waals surface area (Å²) in [6, 6.07) is 2.02. The van der Waals surface area contributed by atoms with Crippen molar-refractivity contribution >= 4 is 5.78 Å². The summed E-state index contributed by atoms with van der Waals surface area (Å²) in [6.07, 6.45) is 2.91. The SMILES string of the molecule is CCn1c(C)cc(C(=O)CN2CCC(OCCCO)CC2)c1C. The molecule has 0 spiro atoms. The van der Waals surface area contributed by atoms with E-state index in [0.717, 1.165) is 49.4 Å². The highest BCUT2D eigenvalue weighted by Crippen LogP contribution is 2.18. The van der Waals surface area contributed by atoms with E-state index in [1.165, 1.54) is 0 Å². The molecule has 0 aromatic carbocycles. The molecule has 1 aliphatic rings. The van der Waals surface area contributed by atoms with Gasteiger partial charge in [0.25, 0.3) is 0 Å². The minimum absolute atomic E-state index is 0.184. The Labute approximate surface area is 139 Å². The number of aliphatic hydroxyl groups is 1. The number of hydrogen-bond donors (Lipinski definition) is 1. The van der Waals surface area contributed by atoms with Gasteiger partial charge in [0.15, 0.2) is 5.78 Å². The van der Waals surface area contributed by atoms with Crippen LogP contribution in [0.15, 0.2) is 6.07 Å². The first-order chi connectivity index (χ1) is 11.1. The van der Waals surface area contributed by atoms with Crippen LogP contribution in [0.25, 0.3) is 0 Å². The standard InChI is InChI=1S/C18H30N2O3/c1-4-20-14(2)12-17(15(20)3)18(22)13-19-8-6-16(7-9-19)23-11-5-10-21/h12,16,21H,4-11,13H2,1-3H3. The van der Waals surface area contributed by atoms with Crippen molar-refractivity contribution in [2.45, 2.75) is 52.7 Å². The first-order valence-electron chi connectivity index (χ1n) is 8.71. The molecule has 1 aromatic rings. The zero-order valence-electron chi connectivity index (χ0n) is 14.7. The number of ketones is 1. The van der Waals surface area contributed by atoms with Gasteiger partial charge in [-0.05, 0) is 46.1 Å². The number of aliphatic hydroxyl groups excluding tert-OH is 1. The lowest BCUT2D eigenvalue weighted by Crippen LogP contribution is -2.40. The van der Waals surface area contributed by atoms with Crippen LogP contribution in [0.1, 0.15) is 47.9 Å². The number of aryl methyl sites for hydroxylation is 1.